The van der Waals surface area contributed by atoms with Crippen LogP contribution in [0.1, 0.15) is 23.7 Å². The Bertz CT molecular complexity index is 1030. The zero-order valence-corrected chi connectivity index (χ0v) is 15.9. The summed E-state index contributed by atoms with van der Waals surface area (Å²) < 4.78 is 33.1. The second-order valence-electron chi connectivity index (χ2n) is 6.73. The van der Waals surface area contributed by atoms with Crippen molar-refractivity contribution in [2.45, 2.75) is 23.8 Å². The Morgan fingerprint density at radius 2 is 1.89 bits per heavy atom. The fraction of sp³-hybridized carbons (Fsp3) is 0.316. The van der Waals surface area contributed by atoms with Crippen molar-refractivity contribution < 1.29 is 23.1 Å². The summed E-state index contributed by atoms with van der Waals surface area (Å²) in [6.45, 7) is 0.179. The van der Waals surface area contributed by atoms with Crippen molar-refractivity contribution in [3.8, 4) is 5.75 Å². The number of sulfonamides is 1. The number of hydrogen-bond acceptors (Lipinski definition) is 5. The summed E-state index contributed by atoms with van der Waals surface area (Å²) in [5.41, 5.74) is 2.41. The fourth-order valence-electron chi connectivity index (χ4n) is 3.65. The molecule has 2 aliphatic heterocycles. The third-order valence-electron chi connectivity index (χ3n) is 5.18. The summed E-state index contributed by atoms with van der Waals surface area (Å²) in [5.74, 6) is 0.504. The van der Waals surface area contributed by atoms with Gasteiger partial charge in [0.25, 0.3) is 10.0 Å². The lowest BCUT2D eigenvalue weighted by atomic mass is 10.0. The van der Waals surface area contributed by atoms with Crippen LogP contribution in [0.5, 0.6) is 5.75 Å². The van der Waals surface area contributed by atoms with Crippen molar-refractivity contribution in [3.63, 3.8) is 0 Å². The summed E-state index contributed by atoms with van der Waals surface area (Å²) in [4.78, 5) is 13.6. The van der Waals surface area contributed by atoms with Gasteiger partial charge in [-0.15, -0.1) is 0 Å². The number of anilines is 2. The number of aliphatic hydroxyl groups excluding tert-OH is 1. The minimum absolute atomic E-state index is 0.0573. The molecule has 142 valence electrons. The number of carbonyl (C=O) groups is 1. The summed E-state index contributed by atoms with van der Waals surface area (Å²) in [6, 6.07) is 9.76. The Morgan fingerprint density at radius 3 is 2.63 bits per heavy atom. The van der Waals surface area contributed by atoms with E-state index < -0.39 is 16.1 Å². The van der Waals surface area contributed by atoms with Gasteiger partial charge in [0, 0.05) is 24.8 Å². The largest absolute Gasteiger partial charge is 0.497 e. The van der Waals surface area contributed by atoms with Crippen molar-refractivity contribution in [3.05, 3.63) is 47.5 Å². The molecule has 27 heavy (non-hydrogen) atoms. The Labute approximate surface area is 157 Å². The van der Waals surface area contributed by atoms with Gasteiger partial charge in [0.1, 0.15) is 5.75 Å². The predicted molar refractivity (Wildman–Crippen MR) is 101 cm³/mol. The third kappa shape index (κ3) is 2.76. The number of fused-ring (bicyclic) bond motifs is 2. The van der Waals surface area contributed by atoms with E-state index in [1.807, 2.05) is 0 Å². The topological polar surface area (TPSA) is 87.1 Å². The molecule has 1 atom stereocenters. The van der Waals surface area contributed by atoms with Crippen LogP contribution >= 0.6 is 0 Å². The van der Waals surface area contributed by atoms with E-state index in [-0.39, 0.29) is 23.8 Å². The average molecular weight is 388 g/mol. The number of likely N-dealkylation sites (N-methyl/N-ethyl adjacent to an activating group) is 1. The first-order valence-electron chi connectivity index (χ1n) is 8.61. The molecule has 0 saturated heterocycles. The molecule has 2 heterocycles. The minimum atomic E-state index is -3.82. The molecular weight excluding hydrogens is 368 g/mol. The molecule has 2 aliphatic rings. The van der Waals surface area contributed by atoms with Crippen molar-refractivity contribution in [1.29, 1.82) is 0 Å². The first kappa shape index (κ1) is 17.8. The highest BCUT2D eigenvalue weighted by Gasteiger charge is 2.34. The molecule has 4 rings (SSSR count). The van der Waals surface area contributed by atoms with Gasteiger partial charge in [-0.3, -0.25) is 9.10 Å². The van der Waals surface area contributed by atoms with Gasteiger partial charge in [-0.1, -0.05) is 0 Å². The highest BCUT2D eigenvalue weighted by molar-refractivity contribution is 7.92. The van der Waals surface area contributed by atoms with Crippen LogP contribution in [0, 0.1) is 0 Å². The van der Waals surface area contributed by atoms with Crippen LogP contribution in [0.3, 0.4) is 0 Å². The first-order chi connectivity index (χ1) is 12.8. The van der Waals surface area contributed by atoms with Crippen LogP contribution in [-0.2, 0) is 21.2 Å². The number of carbonyl (C=O) groups excluding carboxylic acids is 1. The Hall–Kier alpha value is -2.58. The SMILES string of the molecule is COc1ccc2c(c1)C(O)CCN2S(=O)(=O)c1ccc2c(c1)CC(=O)N2C. The van der Waals surface area contributed by atoms with Crippen molar-refractivity contribution in [1.82, 2.24) is 0 Å². The Morgan fingerprint density at radius 1 is 1.15 bits per heavy atom. The number of rotatable bonds is 3. The number of benzene rings is 2. The van der Waals surface area contributed by atoms with Crippen LogP contribution in [0.25, 0.3) is 0 Å². The van der Waals surface area contributed by atoms with Gasteiger partial charge in [0.2, 0.25) is 5.91 Å². The van der Waals surface area contributed by atoms with Gasteiger partial charge in [-0.05, 0) is 48.4 Å². The molecule has 7 nitrogen and oxygen atoms in total. The number of methoxy groups -OCH3 is 1. The smallest absolute Gasteiger partial charge is 0.264 e. The monoisotopic (exact) mass is 388 g/mol. The first-order valence-corrected chi connectivity index (χ1v) is 10.0. The highest BCUT2D eigenvalue weighted by atomic mass is 32.2. The van der Waals surface area contributed by atoms with E-state index in [1.165, 1.54) is 22.4 Å². The lowest BCUT2D eigenvalue weighted by Gasteiger charge is -2.33. The lowest BCUT2D eigenvalue weighted by molar-refractivity contribution is -0.117. The zero-order valence-electron chi connectivity index (χ0n) is 15.0. The number of ether oxygens (including phenoxy) is 1. The molecule has 8 heteroatoms. The molecule has 0 aromatic heterocycles. The molecule has 1 N–H and O–H groups in total. The fourth-order valence-corrected chi connectivity index (χ4v) is 5.21. The zero-order chi connectivity index (χ0) is 19.3. The van der Waals surface area contributed by atoms with Crippen LogP contribution in [0.4, 0.5) is 11.4 Å². The van der Waals surface area contributed by atoms with Crippen molar-refractivity contribution in [2.75, 3.05) is 29.9 Å². The summed E-state index contributed by atoms with van der Waals surface area (Å²) in [7, 11) is -0.623. The highest BCUT2D eigenvalue weighted by Crippen LogP contribution is 2.39. The maximum Gasteiger partial charge on any atom is 0.264 e. The second-order valence-corrected chi connectivity index (χ2v) is 8.59. The third-order valence-corrected chi connectivity index (χ3v) is 6.99. The number of nitrogens with zero attached hydrogens (tertiary/aromatic N) is 2. The summed E-state index contributed by atoms with van der Waals surface area (Å²) in [5, 5.41) is 10.3. The number of hydrogen-bond donors (Lipinski definition) is 1. The van der Waals surface area contributed by atoms with E-state index in [2.05, 4.69) is 0 Å². The van der Waals surface area contributed by atoms with Gasteiger partial charge in [-0.2, -0.15) is 0 Å². The molecule has 2 aromatic carbocycles. The van der Waals surface area contributed by atoms with E-state index in [0.29, 0.717) is 29.0 Å². The van der Waals surface area contributed by atoms with Crippen LogP contribution in [-0.4, -0.2) is 40.1 Å². The van der Waals surface area contributed by atoms with E-state index in [0.717, 1.165) is 5.69 Å². The van der Waals surface area contributed by atoms with E-state index in [4.69, 9.17) is 4.74 Å². The van der Waals surface area contributed by atoms with Crippen molar-refractivity contribution in [2.24, 2.45) is 0 Å². The van der Waals surface area contributed by atoms with Gasteiger partial charge in [-0.25, -0.2) is 8.42 Å². The van der Waals surface area contributed by atoms with Crippen LogP contribution < -0.4 is 13.9 Å². The van der Waals surface area contributed by atoms with Crippen molar-refractivity contribution >= 4 is 27.3 Å². The van der Waals surface area contributed by atoms with E-state index in [9.17, 15) is 18.3 Å². The molecule has 0 spiro atoms. The van der Waals surface area contributed by atoms with Crippen LogP contribution in [0.2, 0.25) is 0 Å². The van der Waals surface area contributed by atoms with Gasteiger partial charge in [0.05, 0.1) is 30.2 Å². The maximum absolute atomic E-state index is 13.3. The Balaban J connectivity index is 1.77. The molecule has 2 aromatic rings. The minimum Gasteiger partial charge on any atom is -0.497 e. The van der Waals surface area contributed by atoms with Gasteiger partial charge < -0.3 is 14.7 Å². The molecule has 1 amide bonds. The normalized spacial score (nSPS) is 19.1. The molecular formula is C19H20N2O5S. The predicted octanol–water partition coefficient (Wildman–Crippen LogP) is 1.85. The van der Waals surface area contributed by atoms with E-state index in [1.54, 1.807) is 37.4 Å². The summed E-state index contributed by atoms with van der Waals surface area (Å²) >= 11 is 0. The van der Waals surface area contributed by atoms with Gasteiger partial charge >= 0.3 is 0 Å². The number of aliphatic hydroxyl groups is 1. The molecule has 0 bridgehead atoms. The summed E-state index contributed by atoms with van der Waals surface area (Å²) in [6.07, 6.45) is -0.249. The Kier molecular flexibility index (Phi) is 4.12. The molecule has 1 unspecified atom stereocenters. The second kappa shape index (κ2) is 6.24. The van der Waals surface area contributed by atoms with Gasteiger partial charge in [0.15, 0.2) is 0 Å². The van der Waals surface area contributed by atoms with E-state index >= 15 is 0 Å². The lowest BCUT2D eigenvalue weighted by Crippen LogP contribution is -2.36. The molecule has 0 fully saturated rings. The quantitative estimate of drug-likeness (QED) is 0.867. The molecule has 0 radical (unpaired) electrons. The standard InChI is InChI=1S/C19H20N2O5S/c1-20-16-6-4-14(9-12(16)10-19(20)23)27(24,25)21-8-7-18(22)15-11-13(26-2)3-5-17(15)21/h3-6,9,11,18,22H,7-8,10H2,1-2H3. The maximum atomic E-state index is 13.3. The van der Waals surface area contributed by atoms with Crippen LogP contribution in [0.15, 0.2) is 41.3 Å². The molecule has 0 aliphatic carbocycles. The number of amides is 1. The average Bonchev–Trinajstić information content (AvgIpc) is 2.95. The molecule has 0 saturated carbocycles.